The van der Waals surface area contributed by atoms with Crippen LogP contribution in [-0.4, -0.2) is 57.6 Å². The summed E-state index contributed by atoms with van der Waals surface area (Å²) in [5.74, 6) is 0.334. The van der Waals surface area contributed by atoms with E-state index in [2.05, 4.69) is 14.9 Å². The summed E-state index contributed by atoms with van der Waals surface area (Å²) in [5.41, 5.74) is 8.58. The summed E-state index contributed by atoms with van der Waals surface area (Å²) >= 11 is 5.89. The molecule has 1 aliphatic rings. The molecule has 0 aliphatic carbocycles. The van der Waals surface area contributed by atoms with Gasteiger partial charge < -0.3 is 15.4 Å². The van der Waals surface area contributed by atoms with Crippen LogP contribution < -0.4 is 5.73 Å². The second-order valence-electron chi connectivity index (χ2n) is 7.45. The number of amides is 1. The fourth-order valence-corrected chi connectivity index (χ4v) is 3.80. The second kappa shape index (κ2) is 9.24. The van der Waals surface area contributed by atoms with Gasteiger partial charge in [-0.2, -0.15) is 0 Å². The maximum absolute atomic E-state index is 12.6. The highest BCUT2D eigenvalue weighted by Crippen LogP contribution is 2.20. The first-order valence-electron chi connectivity index (χ1n) is 9.94. The van der Waals surface area contributed by atoms with E-state index < -0.39 is 0 Å². The third-order valence-corrected chi connectivity index (χ3v) is 5.66. The fraction of sp³-hybridized carbons (Fsp3) is 0.217. The number of rotatable bonds is 5. The Morgan fingerprint density at radius 3 is 2.74 bits per heavy atom. The van der Waals surface area contributed by atoms with Crippen molar-refractivity contribution in [3.05, 3.63) is 71.0 Å². The Morgan fingerprint density at radius 1 is 1.16 bits per heavy atom. The first kappa shape index (κ1) is 21.0. The molecule has 31 heavy (non-hydrogen) atoms. The number of halogens is 1. The summed E-state index contributed by atoms with van der Waals surface area (Å²) in [7, 11) is 0. The van der Waals surface area contributed by atoms with Gasteiger partial charge in [-0.15, -0.1) is 0 Å². The van der Waals surface area contributed by atoms with Crippen molar-refractivity contribution < 1.29 is 9.59 Å². The number of anilines is 1. The molecule has 1 amide bonds. The van der Waals surface area contributed by atoms with Gasteiger partial charge in [0.05, 0.1) is 11.6 Å². The molecule has 1 aliphatic heterocycles. The van der Waals surface area contributed by atoms with Crippen molar-refractivity contribution in [1.82, 2.24) is 19.8 Å². The van der Waals surface area contributed by atoms with E-state index in [-0.39, 0.29) is 11.9 Å². The molecule has 8 heteroatoms. The zero-order chi connectivity index (χ0) is 21.8. The SMILES string of the molecule is Nc1ncnc2cc(CN3CCN(C(=O)/C=C/c4ccc(Cl)cc4)CC3C=O)ccc12. The van der Waals surface area contributed by atoms with Crippen molar-refractivity contribution in [2.75, 3.05) is 25.4 Å². The van der Waals surface area contributed by atoms with Gasteiger partial charge in [-0.05, 0) is 41.5 Å². The van der Waals surface area contributed by atoms with Gasteiger partial charge in [-0.25, -0.2) is 9.97 Å². The lowest BCUT2D eigenvalue weighted by Crippen LogP contribution is -2.54. The van der Waals surface area contributed by atoms with Crippen LogP contribution in [0, 0.1) is 0 Å². The van der Waals surface area contributed by atoms with E-state index in [0.717, 1.165) is 28.3 Å². The van der Waals surface area contributed by atoms with Gasteiger partial charge in [-0.1, -0.05) is 29.8 Å². The number of carbonyl (C=O) groups excluding carboxylic acids is 2. The topological polar surface area (TPSA) is 92.4 Å². The van der Waals surface area contributed by atoms with Gasteiger partial charge in [0.15, 0.2) is 0 Å². The first-order chi connectivity index (χ1) is 15.0. The van der Waals surface area contributed by atoms with Crippen LogP contribution in [0.5, 0.6) is 0 Å². The summed E-state index contributed by atoms with van der Waals surface area (Å²) in [6.07, 6.45) is 5.64. The Balaban J connectivity index is 1.41. The predicted molar refractivity (Wildman–Crippen MR) is 121 cm³/mol. The zero-order valence-electron chi connectivity index (χ0n) is 16.8. The molecule has 0 bridgehead atoms. The maximum Gasteiger partial charge on any atom is 0.246 e. The lowest BCUT2D eigenvalue weighted by Gasteiger charge is -2.38. The minimum absolute atomic E-state index is 0.112. The Hall–Kier alpha value is -3.29. The molecule has 1 fully saturated rings. The molecule has 1 unspecified atom stereocenters. The second-order valence-corrected chi connectivity index (χ2v) is 7.89. The van der Waals surface area contributed by atoms with E-state index in [1.807, 2.05) is 30.3 Å². The number of carbonyl (C=O) groups is 2. The third-order valence-electron chi connectivity index (χ3n) is 5.41. The number of hydrogen-bond acceptors (Lipinski definition) is 6. The monoisotopic (exact) mass is 435 g/mol. The number of nitrogens with zero attached hydrogens (tertiary/aromatic N) is 4. The molecule has 1 atom stereocenters. The Bertz CT molecular complexity index is 1130. The number of aromatic nitrogens is 2. The minimum Gasteiger partial charge on any atom is -0.383 e. The van der Waals surface area contributed by atoms with Gasteiger partial charge in [-0.3, -0.25) is 9.69 Å². The summed E-state index contributed by atoms with van der Waals surface area (Å²) in [6, 6.07) is 12.7. The van der Waals surface area contributed by atoms with Gasteiger partial charge >= 0.3 is 0 Å². The minimum atomic E-state index is -0.368. The molecule has 0 radical (unpaired) electrons. The molecule has 2 N–H and O–H groups in total. The van der Waals surface area contributed by atoms with E-state index >= 15 is 0 Å². The average molecular weight is 436 g/mol. The highest BCUT2D eigenvalue weighted by Gasteiger charge is 2.28. The number of hydrogen-bond donors (Lipinski definition) is 1. The number of nitrogens with two attached hydrogens (primary N) is 1. The summed E-state index contributed by atoms with van der Waals surface area (Å²) in [4.78, 5) is 36.4. The van der Waals surface area contributed by atoms with E-state index in [1.165, 1.54) is 12.4 Å². The average Bonchev–Trinajstić information content (AvgIpc) is 2.79. The highest BCUT2D eigenvalue weighted by atomic mass is 35.5. The van der Waals surface area contributed by atoms with Crippen molar-refractivity contribution in [3.63, 3.8) is 0 Å². The molecule has 158 valence electrons. The largest absolute Gasteiger partial charge is 0.383 e. The van der Waals surface area contributed by atoms with E-state index in [9.17, 15) is 9.59 Å². The van der Waals surface area contributed by atoms with Crippen LogP contribution in [0.1, 0.15) is 11.1 Å². The molecule has 2 aromatic carbocycles. The number of fused-ring (bicyclic) bond motifs is 1. The molecule has 0 saturated carbocycles. The van der Waals surface area contributed by atoms with Crippen molar-refractivity contribution in [3.8, 4) is 0 Å². The lowest BCUT2D eigenvalue weighted by molar-refractivity contribution is -0.130. The van der Waals surface area contributed by atoms with Gasteiger partial charge in [0.2, 0.25) is 5.91 Å². The molecule has 1 aromatic heterocycles. The number of nitrogen functional groups attached to an aromatic ring is 1. The van der Waals surface area contributed by atoms with Crippen molar-refractivity contribution in [1.29, 1.82) is 0 Å². The van der Waals surface area contributed by atoms with Crippen LogP contribution in [0.4, 0.5) is 5.82 Å². The number of benzene rings is 2. The Labute approximate surface area is 185 Å². The molecular weight excluding hydrogens is 414 g/mol. The highest BCUT2D eigenvalue weighted by molar-refractivity contribution is 6.30. The quantitative estimate of drug-likeness (QED) is 0.489. The van der Waals surface area contributed by atoms with Crippen LogP contribution in [0.25, 0.3) is 17.0 Å². The summed E-state index contributed by atoms with van der Waals surface area (Å²) in [6.45, 7) is 2.10. The van der Waals surface area contributed by atoms with Gasteiger partial charge in [0, 0.05) is 42.7 Å². The lowest BCUT2D eigenvalue weighted by atomic mass is 10.1. The molecular formula is C23H22ClN5O2. The van der Waals surface area contributed by atoms with Crippen LogP contribution in [0.15, 0.2) is 54.9 Å². The summed E-state index contributed by atoms with van der Waals surface area (Å²) < 4.78 is 0. The van der Waals surface area contributed by atoms with Crippen molar-refractivity contribution >= 4 is 46.6 Å². The molecule has 0 spiro atoms. The Morgan fingerprint density at radius 2 is 1.97 bits per heavy atom. The van der Waals surface area contributed by atoms with Gasteiger partial charge in [0.1, 0.15) is 18.4 Å². The molecule has 7 nitrogen and oxygen atoms in total. The van der Waals surface area contributed by atoms with Crippen LogP contribution in [0.2, 0.25) is 5.02 Å². The fourth-order valence-electron chi connectivity index (χ4n) is 3.68. The third kappa shape index (κ3) is 4.90. The molecule has 4 rings (SSSR count). The molecule has 1 saturated heterocycles. The van der Waals surface area contributed by atoms with E-state index in [4.69, 9.17) is 17.3 Å². The van der Waals surface area contributed by atoms with Crippen LogP contribution in [0.3, 0.4) is 0 Å². The zero-order valence-corrected chi connectivity index (χ0v) is 17.6. The maximum atomic E-state index is 12.6. The molecule has 2 heterocycles. The predicted octanol–water partition coefficient (Wildman–Crippen LogP) is 2.79. The van der Waals surface area contributed by atoms with Gasteiger partial charge in [0.25, 0.3) is 0 Å². The van der Waals surface area contributed by atoms with Crippen molar-refractivity contribution in [2.24, 2.45) is 0 Å². The van der Waals surface area contributed by atoms with E-state index in [0.29, 0.717) is 37.0 Å². The molecule has 3 aromatic rings. The standard InChI is InChI=1S/C23H22ClN5O2/c24-18-5-1-16(2-6-18)4-8-22(31)29-10-9-28(19(13-29)14-30)12-17-3-7-20-21(11-17)26-15-27-23(20)25/h1-8,11,14-15,19H,9-10,12-13H2,(H2,25,26,27)/b8-4+. The van der Waals surface area contributed by atoms with Crippen LogP contribution in [-0.2, 0) is 16.1 Å². The Kier molecular flexibility index (Phi) is 6.25. The van der Waals surface area contributed by atoms with Crippen LogP contribution >= 0.6 is 11.6 Å². The normalized spacial score (nSPS) is 17.3. The smallest absolute Gasteiger partial charge is 0.246 e. The number of piperazine rings is 1. The van der Waals surface area contributed by atoms with E-state index in [1.54, 1.807) is 23.1 Å². The van der Waals surface area contributed by atoms with Crippen molar-refractivity contribution in [2.45, 2.75) is 12.6 Å². The number of aldehydes is 1. The summed E-state index contributed by atoms with van der Waals surface area (Å²) in [5, 5.41) is 1.46. The first-order valence-corrected chi connectivity index (χ1v) is 10.3.